The normalized spacial score (nSPS) is 18.5. The van der Waals surface area contributed by atoms with E-state index in [4.69, 9.17) is 14.6 Å². The van der Waals surface area contributed by atoms with Crippen LogP contribution >= 0.6 is 0 Å². The van der Waals surface area contributed by atoms with Gasteiger partial charge in [0.2, 0.25) is 0 Å². The highest BCUT2D eigenvalue weighted by atomic mass is 16.7. The van der Waals surface area contributed by atoms with Crippen LogP contribution in [0.5, 0.6) is 5.75 Å². The highest BCUT2D eigenvalue weighted by Gasteiger charge is 2.14. The molecule has 2 rings (SSSR count). The molecule has 0 radical (unpaired) electrons. The topological polar surface area (TPSA) is 55.8 Å². The van der Waals surface area contributed by atoms with E-state index in [0.717, 1.165) is 37.2 Å². The summed E-state index contributed by atoms with van der Waals surface area (Å²) in [6.45, 7) is 4.29. The summed E-state index contributed by atoms with van der Waals surface area (Å²) in [4.78, 5) is 10.7. The number of carbonyl (C=O) groups is 1. The standard InChI is InChI=1S/C16H20O4/c1-12(16(17)18)5-6-13-7-9-14(10-8-13)20-15-4-2-3-11-19-15/h7-10,15H,1-6,11H2,(H,17,18). The molecule has 1 heterocycles. The van der Waals surface area contributed by atoms with Gasteiger partial charge in [-0.05, 0) is 43.4 Å². The molecular formula is C16H20O4. The molecule has 1 aliphatic rings. The van der Waals surface area contributed by atoms with Crippen LogP contribution in [0.2, 0.25) is 0 Å². The summed E-state index contributed by atoms with van der Waals surface area (Å²) in [7, 11) is 0. The van der Waals surface area contributed by atoms with E-state index in [9.17, 15) is 4.79 Å². The maximum absolute atomic E-state index is 10.7. The van der Waals surface area contributed by atoms with Crippen LogP contribution in [-0.4, -0.2) is 24.0 Å². The number of carboxylic acids is 1. The molecule has 0 aromatic heterocycles. The number of aliphatic carboxylic acids is 1. The van der Waals surface area contributed by atoms with Gasteiger partial charge in [-0.3, -0.25) is 0 Å². The first-order valence-electron chi connectivity index (χ1n) is 6.93. The van der Waals surface area contributed by atoms with Crippen molar-refractivity contribution in [1.82, 2.24) is 0 Å². The second-order valence-corrected chi connectivity index (χ2v) is 4.97. The van der Waals surface area contributed by atoms with E-state index in [2.05, 4.69) is 6.58 Å². The predicted molar refractivity (Wildman–Crippen MR) is 75.8 cm³/mol. The fourth-order valence-electron chi connectivity index (χ4n) is 2.09. The molecule has 1 unspecified atom stereocenters. The molecule has 108 valence electrons. The average molecular weight is 276 g/mol. The molecule has 0 spiro atoms. The quantitative estimate of drug-likeness (QED) is 0.811. The SMILES string of the molecule is C=C(CCc1ccc(OC2CCCCO2)cc1)C(=O)O. The van der Waals surface area contributed by atoms with Crippen LogP contribution in [0.4, 0.5) is 0 Å². The van der Waals surface area contributed by atoms with Gasteiger partial charge < -0.3 is 14.6 Å². The van der Waals surface area contributed by atoms with Gasteiger partial charge in [-0.25, -0.2) is 4.79 Å². The maximum atomic E-state index is 10.7. The van der Waals surface area contributed by atoms with Crippen molar-refractivity contribution in [3.8, 4) is 5.75 Å². The number of carboxylic acid groups (broad SMARTS) is 1. The van der Waals surface area contributed by atoms with E-state index < -0.39 is 5.97 Å². The van der Waals surface area contributed by atoms with Crippen LogP contribution in [0.15, 0.2) is 36.4 Å². The van der Waals surface area contributed by atoms with Gasteiger partial charge in [0.05, 0.1) is 6.61 Å². The first-order chi connectivity index (χ1) is 9.65. The van der Waals surface area contributed by atoms with Crippen molar-refractivity contribution in [3.05, 3.63) is 42.0 Å². The van der Waals surface area contributed by atoms with Crippen LogP contribution in [0, 0.1) is 0 Å². The average Bonchev–Trinajstić information content (AvgIpc) is 2.47. The van der Waals surface area contributed by atoms with E-state index >= 15 is 0 Å². The third kappa shape index (κ3) is 4.38. The molecule has 0 aliphatic carbocycles. The van der Waals surface area contributed by atoms with Crippen molar-refractivity contribution < 1.29 is 19.4 Å². The molecule has 0 saturated carbocycles. The van der Waals surface area contributed by atoms with Crippen LogP contribution in [0.1, 0.15) is 31.2 Å². The third-order valence-electron chi connectivity index (χ3n) is 3.35. The molecule has 1 saturated heterocycles. The number of aryl methyl sites for hydroxylation is 1. The summed E-state index contributed by atoms with van der Waals surface area (Å²) in [6, 6.07) is 7.70. The summed E-state index contributed by atoms with van der Waals surface area (Å²) in [5.74, 6) is -0.142. The van der Waals surface area contributed by atoms with Crippen molar-refractivity contribution in [2.45, 2.75) is 38.4 Å². The Morgan fingerprint density at radius 1 is 1.35 bits per heavy atom. The number of hydrogen-bond acceptors (Lipinski definition) is 3. The summed E-state index contributed by atoms with van der Waals surface area (Å²) in [5, 5.41) is 8.75. The Bertz CT molecular complexity index is 458. The van der Waals surface area contributed by atoms with Gasteiger partial charge in [0.25, 0.3) is 0 Å². The van der Waals surface area contributed by atoms with Gasteiger partial charge in [-0.2, -0.15) is 0 Å². The third-order valence-corrected chi connectivity index (χ3v) is 3.35. The van der Waals surface area contributed by atoms with Crippen LogP contribution in [0.3, 0.4) is 0 Å². The minimum atomic E-state index is -0.931. The molecule has 1 atom stereocenters. The second-order valence-electron chi connectivity index (χ2n) is 4.97. The molecule has 1 aliphatic heterocycles. The highest BCUT2D eigenvalue weighted by Crippen LogP contribution is 2.20. The summed E-state index contributed by atoms with van der Waals surface area (Å²) < 4.78 is 11.3. The van der Waals surface area contributed by atoms with Crippen LogP contribution in [0.25, 0.3) is 0 Å². The minimum absolute atomic E-state index is 0.138. The highest BCUT2D eigenvalue weighted by molar-refractivity contribution is 5.85. The summed E-state index contributed by atoms with van der Waals surface area (Å²) in [6.07, 6.45) is 4.17. The molecule has 0 bridgehead atoms. The Hall–Kier alpha value is -1.81. The van der Waals surface area contributed by atoms with Gasteiger partial charge in [-0.15, -0.1) is 0 Å². The van der Waals surface area contributed by atoms with Gasteiger partial charge in [0.15, 0.2) is 6.29 Å². The monoisotopic (exact) mass is 276 g/mol. The Balaban J connectivity index is 1.83. The lowest BCUT2D eigenvalue weighted by atomic mass is 10.1. The Kier molecular flexibility index (Phi) is 5.18. The van der Waals surface area contributed by atoms with Gasteiger partial charge >= 0.3 is 5.97 Å². The first kappa shape index (κ1) is 14.6. The van der Waals surface area contributed by atoms with Crippen LogP contribution in [-0.2, 0) is 16.0 Å². The van der Waals surface area contributed by atoms with E-state index in [-0.39, 0.29) is 11.9 Å². The Morgan fingerprint density at radius 2 is 2.10 bits per heavy atom. The molecule has 1 fully saturated rings. The largest absolute Gasteiger partial charge is 0.478 e. The maximum Gasteiger partial charge on any atom is 0.330 e. The molecule has 4 nitrogen and oxygen atoms in total. The fourth-order valence-corrected chi connectivity index (χ4v) is 2.09. The zero-order chi connectivity index (χ0) is 14.4. The second kappa shape index (κ2) is 7.10. The van der Waals surface area contributed by atoms with Gasteiger partial charge in [0.1, 0.15) is 5.75 Å². The zero-order valence-electron chi connectivity index (χ0n) is 11.5. The molecule has 0 amide bonds. The lowest BCUT2D eigenvalue weighted by molar-refractivity contribution is -0.132. The van der Waals surface area contributed by atoms with Crippen molar-refractivity contribution in [2.75, 3.05) is 6.61 Å². The molecule has 20 heavy (non-hydrogen) atoms. The van der Waals surface area contributed by atoms with Crippen LogP contribution < -0.4 is 4.74 Å². The van der Waals surface area contributed by atoms with Crippen molar-refractivity contribution >= 4 is 5.97 Å². The zero-order valence-corrected chi connectivity index (χ0v) is 11.5. The van der Waals surface area contributed by atoms with Crippen molar-refractivity contribution in [3.63, 3.8) is 0 Å². The molecule has 1 aromatic carbocycles. The van der Waals surface area contributed by atoms with Gasteiger partial charge in [0, 0.05) is 12.0 Å². The first-order valence-corrected chi connectivity index (χ1v) is 6.93. The summed E-state index contributed by atoms with van der Waals surface area (Å²) >= 11 is 0. The number of hydrogen-bond donors (Lipinski definition) is 1. The fraction of sp³-hybridized carbons (Fsp3) is 0.438. The lowest BCUT2D eigenvalue weighted by Crippen LogP contribution is -2.24. The van der Waals surface area contributed by atoms with Crippen molar-refractivity contribution in [2.24, 2.45) is 0 Å². The molecule has 1 aromatic rings. The Morgan fingerprint density at radius 3 is 2.70 bits per heavy atom. The van der Waals surface area contributed by atoms with E-state index in [1.807, 2.05) is 24.3 Å². The number of rotatable bonds is 6. The van der Waals surface area contributed by atoms with Gasteiger partial charge in [-0.1, -0.05) is 18.7 Å². The lowest BCUT2D eigenvalue weighted by Gasteiger charge is -2.23. The number of benzene rings is 1. The Labute approximate surface area is 119 Å². The van der Waals surface area contributed by atoms with Crippen molar-refractivity contribution in [1.29, 1.82) is 0 Å². The minimum Gasteiger partial charge on any atom is -0.478 e. The number of ether oxygens (including phenoxy) is 2. The predicted octanol–water partition coefficient (Wildman–Crippen LogP) is 3.17. The van der Waals surface area contributed by atoms with E-state index in [1.54, 1.807) is 0 Å². The van der Waals surface area contributed by atoms with E-state index in [1.165, 1.54) is 0 Å². The smallest absolute Gasteiger partial charge is 0.330 e. The molecular weight excluding hydrogens is 256 g/mol. The van der Waals surface area contributed by atoms with E-state index in [0.29, 0.717) is 12.8 Å². The molecule has 4 heteroatoms. The molecule has 1 N–H and O–H groups in total. The summed E-state index contributed by atoms with van der Waals surface area (Å²) in [5.41, 5.74) is 1.31.